The predicted octanol–water partition coefficient (Wildman–Crippen LogP) is 2.22. The Hall–Kier alpha value is -3.94. The largest absolute Gasteiger partial charge is 0.495 e. The summed E-state index contributed by atoms with van der Waals surface area (Å²) in [4.78, 5) is 35.5. The van der Waals surface area contributed by atoms with Crippen LogP contribution >= 0.6 is 0 Å². The molecule has 134 valence electrons. The van der Waals surface area contributed by atoms with Crippen LogP contribution in [0.3, 0.4) is 0 Å². The first-order chi connectivity index (χ1) is 13.2. The summed E-state index contributed by atoms with van der Waals surface area (Å²) in [6, 6.07) is 16.3. The normalized spacial score (nSPS) is 10.7. The van der Waals surface area contributed by atoms with Crippen molar-refractivity contribution in [3.05, 3.63) is 81.6 Å². The third-order valence-electron chi connectivity index (χ3n) is 4.02. The zero-order valence-corrected chi connectivity index (χ0v) is 14.3. The highest BCUT2D eigenvalue weighted by Crippen LogP contribution is 2.25. The van der Waals surface area contributed by atoms with E-state index >= 15 is 0 Å². The van der Waals surface area contributed by atoms with Gasteiger partial charge in [0.2, 0.25) is 5.95 Å². The van der Waals surface area contributed by atoms with Crippen molar-refractivity contribution >= 4 is 22.7 Å². The highest BCUT2D eigenvalue weighted by Gasteiger charge is 2.13. The topological polar surface area (TPSA) is 102 Å². The highest BCUT2D eigenvalue weighted by molar-refractivity contribution is 5.76. The summed E-state index contributed by atoms with van der Waals surface area (Å²) in [5.74, 6) is 0.856. The SMILES string of the molecule is COc1ccccc1Nc1ncc2c(=O)[nH]c(=O)n(-c3ccccc3)c2n1. The zero-order valence-electron chi connectivity index (χ0n) is 14.3. The van der Waals surface area contributed by atoms with Crippen LogP contribution in [0.15, 0.2) is 70.4 Å². The molecule has 2 aromatic heterocycles. The van der Waals surface area contributed by atoms with Crippen LogP contribution in [0, 0.1) is 0 Å². The monoisotopic (exact) mass is 361 g/mol. The van der Waals surface area contributed by atoms with E-state index in [-0.39, 0.29) is 17.0 Å². The quantitative estimate of drug-likeness (QED) is 0.578. The van der Waals surface area contributed by atoms with Crippen LogP contribution in [0.25, 0.3) is 16.7 Å². The maximum Gasteiger partial charge on any atom is 0.334 e. The summed E-state index contributed by atoms with van der Waals surface area (Å²) in [5.41, 5.74) is 0.359. The molecular weight excluding hydrogens is 346 g/mol. The van der Waals surface area contributed by atoms with E-state index in [0.29, 0.717) is 17.1 Å². The lowest BCUT2D eigenvalue weighted by molar-refractivity contribution is 0.417. The van der Waals surface area contributed by atoms with Gasteiger partial charge in [-0.05, 0) is 24.3 Å². The number of rotatable bonds is 4. The number of aromatic nitrogens is 4. The fourth-order valence-electron chi connectivity index (χ4n) is 2.77. The van der Waals surface area contributed by atoms with Crippen molar-refractivity contribution in [2.45, 2.75) is 0 Å². The summed E-state index contributed by atoms with van der Waals surface area (Å²) in [6.07, 6.45) is 1.39. The number of aromatic amines is 1. The molecule has 0 saturated carbocycles. The molecule has 4 aromatic rings. The minimum absolute atomic E-state index is 0.211. The Morgan fingerprint density at radius 2 is 1.78 bits per heavy atom. The van der Waals surface area contributed by atoms with Crippen LogP contribution < -0.4 is 21.3 Å². The van der Waals surface area contributed by atoms with Gasteiger partial charge in [-0.15, -0.1) is 0 Å². The van der Waals surface area contributed by atoms with Crippen molar-refractivity contribution in [2.75, 3.05) is 12.4 Å². The molecule has 0 aliphatic heterocycles. The van der Waals surface area contributed by atoms with Crippen LogP contribution in [-0.4, -0.2) is 26.6 Å². The van der Waals surface area contributed by atoms with Crippen LogP contribution in [0.1, 0.15) is 0 Å². The van der Waals surface area contributed by atoms with Gasteiger partial charge in [-0.2, -0.15) is 4.98 Å². The number of hydrogen-bond acceptors (Lipinski definition) is 6. The van der Waals surface area contributed by atoms with E-state index in [2.05, 4.69) is 20.3 Å². The van der Waals surface area contributed by atoms with E-state index in [0.717, 1.165) is 0 Å². The van der Waals surface area contributed by atoms with E-state index in [1.165, 1.54) is 10.8 Å². The minimum atomic E-state index is -0.569. The molecule has 0 bridgehead atoms. The number of ether oxygens (including phenoxy) is 1. The number of anilines is 2. The molecule has 2 aromatic carbocycles. The Kier molecular flexibility index (Phi) is 4.13. The molecule has 0 aliphatic carbocycles. The first-order valence-electron chi connectivity index (χ1n) is 8.15. The van der Waals surface area contributed by atoms with Gasteiger partial charge >= 0.3 is 5.69 Å². The number of H-pyrrole nitrogens is 1. The Labute approximate surface area is 153 Å². The Morgan fingerprint density at radius 3 is 2.56 bits per heavy atom. The van der Waals surface area contributed by atoms with Gasteiger partial charge in [0.25, 0.3) is 5.56 Å². The van der Waals surface area contributed by atoms with Crippen LogP contribution in [0.2, 0.25) is 0 Å². The third kappa shape index (κ3) is 3.04. The predicted molar refractivity (Wildman–Crippen MR) is 102 cm³/mol. The molecule has 8 nitrogen and oxygen atoms in total. The maximum absolute atomic E-state index is 12.4. The fourth-order valence-corrected chi connectivity index (χ4v) is 2.77. The van der Waals surface area contributed by atoms with Gasteiger partial charge in [0.1, 0.15) is 11.1 Å². The molecule has 0 spiro atoms. The van der Waals surface area contributed by atoms with Crippen molar-refractivity contribution in [3.8, 4) is 11.4 Å². The zero-order chi connectivity index (χ0) is 18.8. The summed E-state index contributed by atoms with van der Waals surface area (Å²) in [6.45, 7) is 0. The summed E-state index contributed by atoms with van der Waals surface area (Å²) < 4.78 is 6.65. The molecule has 0 aliphatic rings. The molecular formula is C19H15N5O3. The second-order valence-electron chi connectivity index (χ2n) is 5.69. The van der Waals surface area contributed by atoms with E-state index in [1.807, 2.05) is 24.3 Å². The lowest BCUT2D eigenvalue weighted by Crippen LogP contribution is -2.30. The average Bonchev–Trinajstić information content (AvgIpc) is 2.69. The van der Waals surface area contributed by atoms with Crippen LogP contribution in [0.4, 0.5) is 11.6 Å². The first kappa shape index (κ1) is 16.5. The Balaban J connectivity index is 1.91. The van der Waals surface area contributed by atoms with Gasteiger partial charge in [-0.1, -0.05) is 30.3 Å². The number of para-hydroxylation sites is 3. The third-order valence-corrected chi connectivity index (χ3v) is 4.02. The molecule has 0 saturated heterocycles. The van der Waals surface area contributed by atoms with Crippen molar-refractivity contribution in [1.82, 2.24) is 19.5 Å². The number of fused-ring (bicyclic) bond motifs is 1. The van der Waals surface area contributed by atoms with Gasteiger partial charge in [-0.25, -0.2) is 14.3 Å². The standard InChI is InChI=1S/C19H15N5O3/c1-27-15-10-6-5-9-14(15)21-18-20-11-13-16(22-18)24(19(26)23-17(13)25)12-7-3-2-4-8-12/h2-11H,1H3,(H,20,21,22)(H,23,25,26). The molecule has 2 heterocycles. The maximum atomic E-state index is 12.4. The van der Waals surface area contributed by atoms with Crippen LogP contribution in [0.5, 0.6) is 5.75 Å². The van der Waals surface area contributed by atoms with E-state index in [1.54, 1.807) is 37.4 Å². The summed E-state index contributed by atoms with van der Waals surface area (Å²) in [5, 5.41) is 3.27. The molecule has 8 heteroatoms. The smallest absolute Gasteiger partial charge is 0.334 e. The van der Waals surface area contributed by atoms with Gasteiger partial charge < -0.3 is 10.1 Å². The van der Waals surface area contributed by atoms with Crippen molar-refractivity contribution in [2.24, 2.45) is 0 Å². The first-order valence-corrected chi connectivity index (χ1v) is 8.15. The van der Waals surface area contributed by atoms with E-state index in [9.17, 15) is 9.59 Å². The molecule has 0 amide bonds. The second-order valence-corrected chi connectivity index (χ2v) is 5.69. The number of nitrogens with one attached hydrogen (secondary N) is 2. The Bertz CT molecular complexity index is 1230. The van der Waals surface area contributed by atoms with Gasteiger partial charge in [0.15, 0.2) is 5.65 Å². The number of methoxy groups -OCH3 is 1. The lowest BCUT2D eigenvalue weighted by atomic mass is 10.3. The number of nitrogens with zero attached hydrogens (tertiary/aromatic N) is 3. The second kappa shape index (κ2) is 6.75. The highest BCUT2D eigenvalue weighted by atomic mass is 16.5. The Morgan fingerprint density at radius 1 is 1.04 bits per heavy atom. The molecule has 0 atom stereocenters. The lowest BCUT2D eigenvalue weighted by Gasteiger charge is -2.12. The molecule has 2 N–H and O–H groups in total. The molecule has 4 rings (SSSR count). The fraction of sp³-hybridized carbons (Fsp3) is 0.0526. The summed E-state index contributed by atoms with van der Waals surface area (Å²) >= 11 is 0. The summed E-state index contributed by atoms with van der Waals surface area (Å²) in [7, 11) is 1.56. The molecule has 0 radical (unpaired) electrons. The van der Waals surface area contributed by atoms with Crippen molar-refractivity contribution in [3.63, 3.8) is 0 Å². The number of benzene rings is 2. The van der Waals surface area contributed by atoms with Gasteiger partial charge in [0.05, 0.1) is 18.5 Å². The molecule has 27 heavy (non-hydrogen) atoms. The molecule has 0 unspecified atom stereocenters. The van der Waals surface area contributed by atoms with E-state index < -0.39 is 11.2 Å². The van der Waals surface area contributed by atoms with Gasteiger partial charge in [0, 0.05) is 6.20 Å². The minimum Gasteiger partial charge on any atom is -0.495 e. The van der Waals surface area contributed by atoms with Gasteiger partial charge in [-0.3, -0.25) is 9.78 Å². The molecule has 0 fully saturated rings. The van der Waals surface area contributed by atoms with Crippen molar-refractivity contribution in [1.29, 1.82) is 0 Å². The van der Waals surface area contributed by atoms with Crippen LogP contribution in [-0.2, 0) is 0 Å². The number of hydrogen-bond donors (Lipinski definition) is 2. The van der Waals surface area contributed by atoms with Crippen molar-refractivity contribution < 1.29 is 4.74 Å². The average molecular weight is 361 g/mol. The van der Waals surface area contributed by atoms with E-state index in [4.69, 9.17) is 4.74 Å².